The average molecular weight is 425 g/mol. The Morgan fingerprint density at radius 2 is 1.80 bits per heavy atom. The lowest BCUT2D eigenvalue weighted by Crippen LogP contribution is -2.27. The zero-order valence-corrected chi connectivity index (χ0v) is 18.5. The van der Waals surface area contributed by atoms with Crippen molar-refractivity contribution in [3.05, 3.63) is 59.7 Å². The third-order valence-corrected chi connectivity index (χ3v) is 5.77. The number of aryl methyl sites for hydroxylation is 1. The van der Waals surface area contributed by atoms with Gasteiger partial charge in [-0.15, -0.1) is 10.2 Å². The van der Waals surface area contributed by atoms with Crippen molar-refractivity contribution in [1.29, 1.82) is 0 Å². The minimum Gasteiger partial charge on any atom is -0.411 e. The van der Waals surface area contributed by atoms with Gasteiger partial charge >= 0.3 is 0 Å². The molecule has 0 atom stereocenters. The Balaban J connectivity index is 1.47. The van der Waals surface area contributed by atoms with Gasteiger partial charge < -0.3 is 14.6 Å². The van der Waals surface area contributed by atoms with Gasteiger partial charge in [-0.1, -0.05) is 36.0 Å². The molecule has 1 heterocycles. The van der Waals surface area contributed by atoms with Gasteiger partial charge in [0, 0.05) is 30.9 Å². The fraction of sp³-hybridized carbons (Fsp3) is 0.348. The molecule has 0 saturated heterocycles. The molecule has 0 saturated carbocycles. The van der Waals surface area contributed by atoms with Gasteiger partial charge in [0.1, 0.15) is 0 Å². The van der Waals surface area contributed by atoms with Crippen LogP contribution >= 0.6 is 11.8 Å². The van der Waals surface area contributed by atoms with Crippen LogP contribution in [0, 0.1) is 6.92 Å². The predicted octanol–water partition coefficient (Wildman–Crippen LogP) is 4.34. The molecule has 0 bridgehead atoms. The second-order valence-electron chi connectivity index (χ2n) is 6.91. The Kier molecular flexibility index (Phi) is 7.90. The number of hydrogen-bond acceptors (Lipinski definition) is 6. The lowest BCUT2D eigenvalue weighted by Gasteiger charge is -2.20. The normalized spacial score (nSPS) is 10.8. The van der Waals surface area contributed by atoms with E-state index in [1.54, 1.807) is 0 Å². The number of hydrogen-bond donors (Lipinski definition) is 1. The van der Waals surface area contributed by atoms with Crippen molar-refractivity contribution < 1.29 is 9.21 Å². The molecular weight excluding hydrogens is 396 g/mol. The molecule has 3 aromatic rings. The maximum absolute atomic E-state index is 12.1. The topological polar surface area (TPSA) is 71.3 Å². The predicted molar refractivity (Wildman–Crippen MR) is 122 cm³/mol. The van der Waals surface area contributed by atoms with Crippen LogP contribution in [0.1, 0.15) is 25.0 Å². The number of nitrogens with zero attached hydrogens (tertiary/aromatic N) is 3. The van der Waals surface area contributed by atoms with E-state index in [2.05, 4.69) is 65.5 Å². The van der Waals surface area contributed by atoms with Crippen molar-refractivity contribution in [2.75, 3.05) is 30.3 Å². The summed E-state index contributed by atoms with van der Waals surface area (Å²) < 4.78 is 5.71. The summed E-state index contributed by atoms with van der Waals surface area (Å²) in [6, 6.07) is 16.3. The molecule has 1 aromatic heterocycles. The molecule has 0 aliphatic rings. The number of aromatic nitrogens is 2. The van der Waals surface area contributed by atoms with Gasteiger partial charge in [-0.3, -0.25) is 4.79 Å². The maximum atomic E-state index is 12.1. The van der Waals surface area contributed by atoms with E-state index in [0.717, 1.165) is 25.1 Å². The van der Waals surface area contributed by atoms with Crippen LogP contribution in [0.2, 0.25) is 0 Å². The first kappa shape index (κ1) is 21.9. The molecule has 0 spiro atoms. The first-order valence-electron chi connectivity index (χ1n) is 10.2. The van der Waals surface area contributed by atoms with Gasteiger partial charge in [0.15, 0.2) is 0 Å². The molecule has 0 unspecified atom stereocenters. The Morgan fingerprint density at radius 1 is 1.07 bits per heavy atom. The summed E-state index contributed by atoms with van der Waals surface area (Å²) in [5.74, 6) is 0.663. The standard InChI is InChI=1S/C23H28N4O2S/c1-4-27(5-2)20-12-10-19(11-13-20)22-25-26-23(29-22)30-16-21(28)24-15-14-18-9-7-6-8-17(18)3/h6-13H,4-5,14-16H2,1-3H3,(H,24,28). The van der Waals surface area contributed by atoms with Crippen molar-refractivity contribution >= 4 is 23.4 Å². The largest absolute Gasteiger partial charge is 0.411 e. The van der Waals surface area contributed by atoms with E-state index >= 15 is 0 Å². The smallest absolute Gasteiger partial charge is 0.277 e. The number of nitrogens with one attached hydrogen (secondary N) is 1. The van der Waals surface area contributed by atoms with Crippen molar-refractivity contribution in [1.82, 2.24) is 15.5 Å². The zero-order valence-electron chi connectivity index (χ0n) is 17.7. The molecule has 0 aliphatic carbocycles. The SMILES string of the molecule is CCN(CC)c1ccc(-c2nnc(SCC(=O)NCCc3ccccc3C)o2)cc1. The number of benzene rings is 2. The molecule has 158 valence electrons. The third-order valence-electron chi connectivity index (χ3n) is 4.95. The van der Waals surface area contributed by atoms with Crippen molar-refractivity contribution in [2.24, 2.45) is 0 Å². The molecule has 1 N–H and O–H groups in total. The highest BCUT2D eigenvalue weighted by Gasteiger charge is 2.12. The zero-order chi connectivity index (χ0) is 21.3. The quantitative estimate of drug-likeness (QED) is 0.488. The van der Waals surface area contributed by atoms with Gasteiger partial charge in [-0.05, 0) is 62.6 Å². The summed E-state index contributed by atoms with van der Waals surface area (Å²) in [6.07, 6.45) is 0.817. The van der Waals surface area contributed by atoms with E-state index < -0.39 is 0 Å². The molecule has 1 amide bonds. The molecule has 6 nitrogen and oxygen atoms in total. The van der Waals surface area contributed by atoms with Crippen LogP contribution in [0.3, 0.4) is 0 Å². The van der Waals surface area contributed by atoms with Gasteiger partial charge in [-0.25, -0.2) is 0 Å². The Hall–Kier alpha value is -2.80. The Labute approximate surface area is 182 Å². The van der Waals surface area contributed by atoms with Crippen molar-refractivity contribution in [2.45, 2.75) is 32.4 Å². The van der Waals surface area contributed by atoms with E-state index in [1.807, 2.05) is 24.3 Å². The second kappa shape index (κ2) is 10.8. The number of carbonyl (C=O) groups excluding carboxylic acids is 1. The summed E-state index contributed by atoms with van der Waals surface area (Å²) in [5, 5.41) is 11.5. The summed E-state index contributed by atoms with van der Waals surface area (Å²) >= 11 is 1.25. The lowest BCUT2D eigenvalue weighted by atomic mass is 10.1. The summed E-state index contributed by atoms with van der Waals surface area (Å²) in [7, 11) is 0. The molecular formula is C23H28N4O2S. The molecule has 0 aliphatic heterocycles. The summed E-state index contributed by atoms with van der Waals surface area (Å²) in [5.41, 5.74) is 4.52. The summed E-state index contributed by atoms with van der Waals surface area (Å²) in [6.45, 7) is 8.89. The van der Waals surface area contributed by atoms with Gasteiger partial charge in [0.2, 0.25) is 11.8 Å². The maximum Gasteiger partial charge on any atom is 0.277 e. The number of rotatable bonds is 10. The molecule has 3 rings (SSSR count). The highest BCUT2D eigenvalue weighted by Crippen LogP contribution is 2.25. The lowest BCUT2D eigenvalue weighted by molar-refractivity contribution is -0.118. The Bertz CT molecular complexity index is 952. The number of carbonyl (C=O) groups is 1. The molecule has 7 heteroatoms. The monoisotopic (exact) mass is 424 g/mol. The molecule has 0 radical (unpaired) electrons. The fourth-order valence-electron chi connectivity index (χ4n) is 3.19. The average Bonchev–Trinajstić information content (AvgIpc) is 3.24. The van der Waals surface area contributed by atoms with E-state index in [0.29, 0.717) is 17.7 Å². The molecule has 30 heavy (non-hydrogen) atoms. The van der Waals surface area contributed by atoms with Crippen molar-refractivity contribution in [3.63, 3.8) is 0 Å². The molecule has 0 fully saturated rings. The third kappa shape index (κ3) is 5.86. The van der Waals surface area contributed by atoms with E-state index in [1.165, 1.54) is 28.6 Å². The second-order valence-corrected chi connectivity index (χ2v) is 7.83. The first-order chi connectivity index (χ1) is 14.6. The van der Waals surface area contributed by atoms with Crippen LogP contribution in [0.4, 0.5) is 5.69 Å². The van der Waals surface area contributed by atoms with E-state index in [9.17, 15) is 4.79 Å². The minimum absolute atomic E-state index is 0.0445. The molecule has 2 aromatic carbocycles. The van der Waals surface area contributed by atoms with Gasteiger partial charge in [0.25, 0.3) is 5.22 Å². The highest BCUT2D eigenvalue weighted by molar-refractivity contribution is 7.99. The minimum atomic E-state index is -0.0445. The van der Waals surface area contributed by atoms with Crippen LogP contribution in [0.15, 0.2) is 58.2 Å². The Morgan fingerprint density at radius 3 is 2.50 bits per heavy atom. The van der Waals surface area contributed by atoms with Gasteiger partial charge in [0.05, 0.1) is 5.75 Å². The van der Waals surface area contributed by atoms with Crippen LogP contribution in [0.25, 0.3) is 11.5 Å². The first-order valence-corrected chi connectivity index (χ1v) is 11.2. The van der Waals surface area contributed by atoms with Gasteiger partial charge in [-0.2, -0.15) is 0 Å². The number of thioether (sulfide) groups is 1. The van der Waals surface area contributed by atoms with Crippen LogP contribution in [0.5, 0.6) is 0 Å². The summed E-state index contributed by atoms with van der Waals surface area (Å²) in [4.78, 5) is 14.4. The van der Waals surface area contributed by atoms with E-state index in [4.69, 9.17) is 4.42 Å². The van der Waals surface area contributed by atoms with Crippen LogP contribution < -0.4 is 10.2 Å². The number of amides is 1. The highest BCUT2D eigenvalue weighted by atomic mass is 32.2. The van der Waals surface area contributed by atoms with E-state index in [-0.39, 0.29) is 11.7 Å². The van der Waals surface area contributed by atoms with Crippen molar-refractivity contribution in [3.8, 4) is 11.5 Å². The fourth-order valence-corrected chi connectivity index (χ4v) is 3.79. The van der Waals surface area contributed by atoms with Crippen LogP contribution in [-0.2, 0) is 11.2 Å². The number of anilines is 1. The van der Waals surface area contributed by atoms with Crippen LogP contribution in [-0.4, -0.2) is 41.5 Å².